The maximum atomic E-state index is 13.1. The van der Waals surface area contributed by atoms with Crippen LogP contribution >= 0.6 is 11.3 Å². The largest absolute Gasteiger partial charge is 0.481 e. The SMILES string of the molecule is Cc1nc(NC(=O)OCC2c3ccccc3-c3ccccc32)sc1C(=O)N1CC2CC1C2C(=O)O. The normalized spacial score (nSPS) is 21.7. The zero-order valence-electron chi connectivity index (χ0n) is 18.9. The number of amides is 2. The minimum atomic E-state index is -0.847. The van der Waals surface area contributed by atoms with E-state index in [-0.39, 0.29) is 35.5 Å². The highest BCUT2D eigenvalue weighted by Gasteiger charge is 2.57. The molecule has 178 valence electrons. The molecule has 2 saturated heterocycles. The first-order valence-corrected chi connectivity index (χ1v) is 12.4. The van der Waals surface area contributed by atoms with E-state index >= 15 is 0 Å². The Labute approximate surface area is 205 Å². The lowest BCUT2D eigenvalue weighted by molar-refractivity contribution is -0.147. The van der Waals surface area contributed by atoms with Crippen LogP contribution in [0.4, 0.5) is 9.93 Å². The van der Waals surface area contributed by atoms with E-state index < -0.39 is 18.0 Å². The zero-order chi connectivity index (χ0) is 24.3. The standard InChI is InChI=1S/C26H23N3O5S/c1-13-22(23(30)29-11-14-10-20(29)21(14)24(31)32)35-25(27-13)28-26(33)34-12-19-17-8-4-2-6-15(17)16-7-3-5-9-18(16)19/h2-9,14,19-21H,10-12H2,1H3,(H,31,32)(H,27,28,33). The van der Waals surface area contributed by atoms with Gasteiger partial charge in [0.2, 0.25) is 0 Å². The number of carbonyl (C=O) groups excluding carboxylic acids is 2. The van der Waals surface area contributed by atoms with Crippen molar-refractivity contribution in [2.45, 2.75) is 25.3 Å². The van der Waals surface area contributed by atoms with Crippen LogP contribution in [0.25, 0.3) is 11.1 Å². The molecule has 3 fully saturated rings. The number of nitrogens with one attached hydrogen (secondary N) is 1. The van der Waals surface area contributed by atoms with Crippen LogP contribution in [-0.4, -0.2) is 52.2 Å². The number of anilines is 1. The number of aromatic nitrogens is 1. The van der Waals surface area contributed by atoms with Gasteiger partial charge in [-0.3, -0.25) is 14.9 Å². The summed E-state index contributed by atoms with van der Waals surface area (Å²) in [6.07, 6.45) is 0.0970. The minimum Gasteiger partial charge on any atom is -0.481 e. The number of fused-ring (bicyclic) bond motifs is 4. The number of hydrogen-bond acceptors (Lipinski definition) is 6. The smallest absolute Gasteiger partial charge is 0.413 e. The number of nitrogens with zero attached hydrogens (tertiary/aromatic N) is 2. The summed E-state index contributed by atoms with van der Waals surface area (Å²) in [4.78, 5) is 43.5. The highest BCUT2D eigenvalue weighted by atomic mass is 32.1. The zero-order valence-corrected chi connectivity index (χ0v) is 19.7. The summed E-state index contributed by atoms with van der Waals surface area (Å²) < 4.78 is 5.57. The van der Waals surface area contributed by atoms with Crippen LogP contribution in [0.2, 0.25) is 0 Å². The van der Waals surface area contributed by atoms with E-state index in [0.717, 1.165) is 40.0 Å². The molecule has 2 aliphatic heterocycles. The highest BCUT2D eigenvalue weighted by Crippen LogP contribution is 2.47. The number of carbonyl (C=O) groups is 3. The van der Waals surface area contributed by atoms with Gasteiger partial charge in [-0.1, -0.05) is 59.9 Å². The van der Waals surface area contributed by atoms with E-state index in [1.807, 2.05) is 24.3 Å². The lowest BCUT2D eigenvalue weighted by atomic mass is 9.74. The first-order chi connectivity index (χ1) is 16.9. The minimum absolute atomic E-state index is 0.0214. The first-order valence-electron chi connectivity index (χ1n) is 11.6. The summed E-state index contributed by atoms with van der Waals surface area (Å²) in [6.45, 7) is 2.35. The number of aliphatic carboxylic acids is 1. The van der Waals surface area contributed by atoms with Crippen molar-refractivity contribution in [3.05, 3.63) is 70.2 Å². The predicted octanol–water partition coefficient (Wildman–Crippen LogP) is 4.36. The number of hydrogen-bond donors (Lipinski definition) is 2. The quantitative estimate of drug-likeness (QED) is 0.551. The Hall–Kier alpha value is -3.72. The molecule has 9 heteroatoms. The summed E-state index contributed by atoms with van der Waals surface area (Å²) in [5.74, 6) is -1.58. The van der Waals surface area contributed by atoms with E-state index in [0.29, 0.717) is 17.1 Å². The molecule has 3 heterocycles. The van der Waals surface area contributed by atoms with Gasteiger partial charge in [-0.05, 0) is 41.5 Å². The van der Waals surface area contributed by atoms with Crippen LogP contribution in [0.1, 0.15) is 38.8 Å². The van der Waals surface area contributed by atoms with Crippen LogP contribution < -0.4 is 5.32 Å². The fraction of sp³-hybridized carbons (Fsp3) is 0.308. The molecule has 1 aromatic heterocycles. The van der Waals surface area contributed by atoms with E-state index in [1.54, 1.807) is 11.8 Å². The molecular weight excluding hydrogens is 466 g/mol. The molecule has 3 atom stereocenters. The van der Waals surface area contributed by atoms with Gasteiger partial charge < -0.3 is 14.7 Å². The van der Waals surface area contributed by atoms with Crippen molar-refractivity contribution in [3.63, 3.8) is 0 Å². The fourth-order valence-corrected chi connectivity index (χ4v) is 6.63. The number of aryl methyl sites for hydroxylation is 1. The molecule has 3 unspecified atom stereocenters. The third-order valence-corrected chi connectivity index (χ3v) is 8.45. The molecule has 0 spiro atoms. The van der Waals surface area contributed by atoms with Crippen molar-refractivity contribution in [3.8, 4) is 11.1 Å². The molecule has 2 aliphatic carbocycles. The van der Waals surface area contributed by atoms with Crippen molar-refractivity contribution in [2.24, 2.45) is 11.8 Å². The van der Waals surface area contributed by atoms with E-state index in [4.69, 9.17) is 4.74 Å². The van der Waals surface area contributed by atoms with Gasteiger partial charge in [0.1, 0.15) is 11.5 Å². The fourth-order valence-electron chi connectivity index (χ4n) is 5.72. The predicted molar refractivity (Wildman–Crippen MR) is 130 cm³/mol. The molecule has 2 aromatic carbocycles. The lowest BCUT2D eigenvalue weighted by Gasteiger charge is -2.32. The van der Waals surface area contributed by atoms with Crippen LogP contribution in [0.5, 0.6) is 0 Å². The number of benzene rings is 2. The summed E-state index contributed by atoms with van der Waals surface area (Å²) in [7, 11) is 0. The Morgan fingerprint density at radius 1 is 1.11 bits per heavy atom. The molecule has 3 aromatic rings. The summed E-state index contributed by atoms with van der Waals surface area (Å²) in [6, 6.07) is 16.0. The van der Waals surface area contributed by atoms with Crippen molar-refractivity contribution in [2.75, 3.05) is 18.5 Å². The highest BCUT2D eigenvalue weighted by molar-refractivity contribution is 7.17. The van der Waals surface area contributed by atoms with Gasteiger partial charge in [-0.2, -0.15) is 0 Å². The van der Waals surface area contributed by atoms with Gasteiger partial charge in [0.25, 0.3) is 5.91 Å². The Balaban J connectivity index is 1.12. The monoisotopic (exact) mass is 489 g/mol. The van der Waals surface area contributed by atoms with Crippen LogP contribution in [0.3, 0.4) is 0 Å². The number of ether oxygens (including phenoxy) is 1. The second-order valence-corrected chi connectivity index (χ2v) is 10.3. The van der Waals surface area contributed by atoms with Crippen LogP contribution in [0, 0.1) is 18.8 Å². The summed E-state index contributed by atoms with van der Waals surface area (Å²) in [5.41, 5.74) is 5.07. The summed E-state index contributed by atoms with van der Waals surface area (Å²) in [5, 5.41) is 12.3. The van der Waals surface area contributed by atoms with Crippen molar-refractivity contribution in [1.29, 1.82) is 0 Å². The second kappa shape index (κ2) is 8.20. The molecule has 35 heavy (non-hydrogen) atoms. The molecule has 2 amide bonds. The molecule has 4 aliphatic rings. The number of thiazole rings is 1. The Morgan fingerprint density at radius 2 is 1.77 bits per heavy atom. The molecule has 2 bridgehead atoms. The molecule has 0 radical (unpaired) electrons. The van der Waals surface area contributed by atoms with Gasteiger partial charge in [-0.25, -0.2) is 9.78 Å². The van der Waals surface area contributed by atoms with Gasteiger partial charge >= 0.3 is 12.1 Å². The lowest BCUT2D eigenvalue weighted by Crippen LogP contribution is -2.45. The second-order valence-electron chi connectivity index (χ2n) is 9.27. The third-order valence-electron chi connectivity index (χ3n) is 7.39. The maximum Gasteiger partial charge on any atom is 0.413 e. The van der Waals surface area contributed by atoms with Crippen molar-refractivity contribution < 1.29 is 24.2 Å². The third kappa shape index (κ3) is 3.49. The van der Waals surface area contributed by atoms with Gasteiger partial charge in [-0.15, -0.1) is 0 Å². The van der Waals surface area contributed by atoms with Gasteiger partial charge in [0.05, 0.1) is 11.6 Å². The molecule has 7 rings (SSSR count). The van der Waals surface area contributed by atoms with Crippen molar-refractivity contribution >= 4 is 34.4 Å². The number of rotatable bonds is 5. The van der Waals surface area contributed by atoms with E-state index in [2.05, 4.69) is 34.6 Å². The Morgan fingerprint density at radius 3 is 2.40 bits per heavy atom. The maximum absolute atomic E-state index is 13.1. The van der Waals surface area contributed by atoms with Gasteiger partial charge in [0, 0.05) is 18.5 Å². The van der Waals surface area contributed by atoms with Crippen LogP contribution in [0.15, 0.2) is 48.5 Å². The van der Waals surface area contributed by atoms with E-state index in [9.17, 15) is 19.5 Å². The topological polar surface area (TPSA) is 109 Å². The van der Waals surface area contributed by atoms with Gasteiger partial charge in [0.15, 0.2) is 5.13 Å². The first kappa shape index (κ1) is 21.8. The molecule has 1 saturated carbocycles. The number of carboxylic acid groups (broad SMARTS) is 1. The molecule has 2 N–H and O–H groups in total. The number of carboxylic acids is 1. The average Bonchev–Trinajstić information content (AvgIpc) is 3.58. The van der Waals surface area contributed by atoms with Crippen molar-refractivity contribution in [1.82, 2.24) is 9.88 Å². The Bertz CT molecular complexity index is 1320. The molecule has 8 nitrogen and oxygen atoms in total. The van der Waals surface area contributed by atoms with Crippen LogP contribution in [-0.2, 0) is 9.53 Å². The average molecular weight is 490 g/mol. The summed E-state index contributed by atoms with van der Waals surface area (Å²) >= 11 is 1.09. The molecular formula is C26H23N3O5S. The van der Waals surface area contributed by atoms with E-state index in [1.165, 1.54) is 0 Å². The Kier molecular flexibility index (Phi) is 5.10.